The summed E-state index contributed by atoms with van der Waals surface area (Å²) in [6.07, 6.45) is 0. The standard InChI is InChI=1S/C37H26F3NO3S.C37H29NO/c38-37(39,40)45(42,43)44-34-23-21-33(22-24-34)41(32-19-16-29(17-20-32)27-10-4-1-5-11-27)36-25-18-31(28-12-6-2-7-13-28)26-35(36)30-14-8-3-9-15-30;1-39-35-24-22-34(23-25-35)38(33-20-17-30(18-21-33)28-11-5-2-6-12-28)37-26-19-32(29-13-7-3-8-14-29)27-36(37)31-15-9-4-10-16-31/h1-26H;2-27H,1H3. The van der Waals surface area contributed by atoms with Crippen LogP contribution in [0.3, 0.4) is 0 Å². The van der Waals surface area contributed by atoms with Gasteiger partial charge in [0.25, 0.3) is 0 Å². The van der Waals surface area contributed by atoms with Crippen molar-refractivity contribution in [2.24, 2.45) is 0 Å². The molecule has 0 aliphatic rings. The zero-order valence-electron chi connectivity index (χ0n) is 45.6. The molecule has 412 valence electrons. The summed E-state index contributed by atoms with van der Waals surface area (Å²) in [5.41, 5.74) is 13.0. The SMILES string of the molecule is COc1ccc(N(c2ccc(-c3ccccc3)cc2)c2ccc(-c3ccccc3)cc2-c2ccccc2)cc1.O=S(=O)(Oc1ccc(N(c2ccc(-c3ccccc3)cc2)c2ccc(-c3ccccc3)cc2-c2ccccc2)cc1)C(F)(F)F. The lowest BCUT2D eigenvalue weighted by Gasteiger charge is -2.28. The molecule has 12 aromatic carbocycles. The molecule has 0 saturated carbocycles. The molecule has 0 heterocycles. The first-order chi connectivity index (χ1) is 41.0. The second kappa shape index (κ2) is 25.2. The van der Waals surface area contributed by atoms with E-state index in [4.69, 9.17) is 4.74 Å². The van der Waals surface area contributed by atoms with Gasteiger partial charge in [0.2, 0.25) is 0 Å². The number of rotatable bonds is 15. The molecule has 0 aliphatic heterocycles. The summed E-state index contributed by atoms with van der Waals surface area (Å²) in [5, 5.41) is 0. The number of nitrogens with zero attached hydrogens (tertiary/aromatic N) is 2. The fraction of sp³-hybridized carbons (Fsp3) is 0.0270. The summed E-state index contributed by atoms with van der Waals surface area (Å²) in [6.45, 7) is 0. The number of ether oxygens (including phenoxy) is 1. The minimum atomic E-state index is -5.81. The Morgan fingerprint density at radius 3 is 0.845 bits per heavy atom. The minimum absolute atomic E-state index is 0.446. The van der Waals surface area contributed by atoms with Crippen LogP contribution in [-0.2, 0) is 10.1 Å². The average molecular weight is 1130 g/mol. The van der Waals surface area contributed by atoms with Gasteiger partial charge in [-0.25, -0.2) is 0 Å². The Kier molecular flexibility index (Phi) is 16.6. The van der Waals surface area contributed by atoms with Gasteiger partial charge in [-0.1, -0.05) is 218 Å². The second-order valence-electron chi connectivity index (χ2n) is 19.6. The monoisotopic (exact) mass is 1120 g/mol. The molecule has 0 fully saturated rings. The van der Waals surface area contributed by atoms with Crippen molar-refractivity contribution >= 4 is 44.2 Å². The van der Waals surface area contributed by atoms with Gasteiger partial charge in [0.15, 0.2) is 0 Å². The zero-order chi connectivity index (χ0) is 57.9. The van der Waals surface area contributed by atoms with Gasteiger partial charge in [0.05, 0.1) is 18.5 Å². The van der Waals surface area contributed by atoms with Gasteiger partial charge in [-0.2, -0.15) is 21.6 Å². The smallest absolute Gasteiger partial charge is 0.497 e. The Labute approximate surface area is 488 Å². The van der Waals surface area contributed by atoms with Crippen LogP contribution < -0.4 is 18.7 Å². The van der Waals surface area contributed by atoms with E-state index in [1.165, 1.54) is 57.6 Å². The molecule has 6 nitrogen and oxygen atoms in total. The van der Waals surface area contributed by atoms with E-state index in [1.54, 1.807) is 7.11 Å². The van der Waals surface area contributed by atoms with Gasteiger partial charge < -0.3 is 18.7 Å². The van der Waals surface area contributed by atoms with Crippen LogP contribution in [0, 0.1) is 0 Å². The molecule has 0 atom stereocenters. The third kappa shape index (κ3) is 12.7. The normalized spacial score (nSPS) is 11.2. The summed E-state index contributed by atoms with van der Waals surface area (Å²) in [7, 11) is -4.11. The number of anilines is 6. The van der Waals surface area contributed by atoms with Crippen LogP contribution in [0.2, 0.25) is 0 Å². The Hall–Kier alpha value is -10.4. The lowest BCUT2D eigenvalue weighted by Crippen LogP contribution is -2.28. The molecule has 0 N–H and O–H groups in total. The molecule has 0 radical (unpaired) electrons. The Bertz CT molecular complexity index is 4200. The Morgan fingerprint density at radius 2 is 0.548 bits per heavy atom. The molecule has 0 aliphatic carbocycles. The third-order valence-electron chi connectivity index (χ3n) is 14.2. The molecule has 84 heavy (non-hydrogen) atoms. The van der Waals surface area contributed by atoms with Crippen molar-refractivity contribution in [1.29, 1.82) is 0 Å². The van der Waals surface area contributed by atoms with Crippen molar-refractivity contribution in [3.8, 4) is 78.3 Å². The third-order valence-corrected chi connectivity index (χ3v) is 15.2. The average Bonchev–Trinajstić information content (AvgIpc) is 3.33. The summed E-state index contributed by atoms with van der Waals surface area (Å²) in [4.78, 5) is 4.30. The molecule has 0 aromatic heterocycles. The summed E-state index contributed by atoms with van der Waals surface area (Å²) in [5.74, 6) is 0.388. The number of halogens is 3. The molecule has 0 amide bonds. The van der Waals surface area contributed by atoms with Crippen LogP contribution in [0.4, 0.5) is 47.3 Å². The number of hydrogen-bond donors (Lipinski definition) is 0. The van der Waals surface area contributed by atoms with E-state index in [0.29, 0.717) is 5.69 Å². The lowest BCUT2D eigenvalue weighted by atomic mass is 9.96. The van der Waals surface area contributed by atoms with Crippen molar-refractivity contribution in [3.05, 3.63) is 315 Å². The highest BCUT2D eigenvalue weighted by atomic mass is 32.2. The van der Waals surface area contributed by atoms with Crippen LogP contribution in [-0.4, -0.2) is 21.0 Å². The van der Waals surface area contributed by atoms with Gasteiger partial charge in [-0.3, -0.25) is 0 Å². The number of hydrogen-bond acceptors (Lipinski definition) is 6. The van der Waals surface area contributed by atoms with E-state index >= 15 is 0 Å². The van der Waals surface area contributed by atoms with Crippen molar-refractivity contribution in [2.45, 2.75) is 5.51 Å². The van der Waals surface area contributed by atoms with Gasteiger partial charge in [-0.05, 0) is 153 Å². The molecule has 0 saturated heterocycles. The fourth-order valence-electron chi connectivity index (χ4n) is 10.1. The Balaban J connectivity index is 0.000000177. The molecule has 0 bridgehead atoms. The van der Waals surface area contributed by atoms with Crippen LogP contribution in [0.5, 0.6) is 11.5 Å². The van der Waals surface area contributed by atoms with E-state index in [2.05, 4.69) is 155 Å². The van der Waals surface area contributed by atoms with E-state index in [-0.39, 0.29) is 0 Å². The maximum atomic E-state index is 13.0. The Morgan fingerprint density at radius 1 is 0.298 bits per heavy atom. The maximum Gasteiger partial charge on any atom is 0.534 e. The van der Waals surface area contributed by atoms with Crippen molar-refractivity contribution in [3.63, 3.8) is 0 Å². The van der Waals surface area contributed by atoms with E-state index in [0.717, 1.165) is 67.6 Å². The molecular weight excluding hydrogens is 1070 g/mol. The number of alkyl halides is 3. The lowest BCUT2D eigenvalue weighted by molar-refractivity contribution is -0.0500. The summed E-state index contributed by atoms with van der Waals surface area (Å²) >= 11 is 0. The van der Waals surface area contributed by atoms with Crippen LogP contribution in [0.25, 0.3) is 66.8 Å². The zero-order valence-corrected chi connectivity index (χ0v) is 46.4. The van der Waals surface area contributed by atoms with Crippen molar-refractivity contribution < 1.29 is 30.5 Å². The van der Waals surface area contributed by atoms with Crippen LogP contribution in [0.1, 0.15) is 0 Å². The highest BCUT2D eigenvalue weighted by Crippen LogP contribution is 2.46. The molecule has 0 spiro atoms. The molecule has 12 rings (SSSR count). The van der Waals surface area contributed by atoms with Crippen LogP contribution in [0.15, 0.2) is 315 Å². The highest BCUT2D eigenvalue weighted by Gasteiger charge is 2.48. The van der Waals surface area contributed by atoms with Crippen molar-refractivity contribution in [1.82, 2.24) is 0 Å². The topological polar surface area (TPSA) is 59.1 Å². The first kappa shape index (κ1) is 55.5. The van der Waals surface area contributed by atoms with E-state index in [9.17, 15) is 21.6 Å². The van der Waals surface area contributed by atoms with Gasteiger partial charge in [0, 0.05) is 33.9 Å². The van der Waals surface area contributed by atoms with E-state index in [1.807, 2.05) is 150 Å². The summed E-state index contributed by atoms with van der Waals surface area (Å²) < 4.78 is 72.0. The van der Waals surface area contributed by atoms with E-state index < -0.39 is 21.4 Å². The van der Waals surface area contributed by atoms with Crippen molar-refractivity contribution in [2.75, 3.05) is 16.9 Å². The predicted molar refractivity (Wildman–Crippen MR) is 337 cm³/mol. The molecule has 10 heteroatoms. The second-order valence-corrected chi connectivity index (χ2v) is 21.1. The largest absolute Gasteiger partial charge is 0.534 e. The van der Waals surface area contributed by atoms with Gasteiger partial charge >= 0.3 is 15.6 Å². The number of methoxy groups -OCH3 is 1. The van der Waals surface area contributed by atoms with Gasteiger partial charge in [0.1, 0.15) is 11.5 Å². The molecule has 0 unspecified atom stereocenters. The van der Waals surface area contributed by atoms with Gasteiger partial charge in [-0.15, -0.1) is 0 Å². The summed E-state index contributed by atoms with van der Waals surface area (Å²) in [6, 6.07) is 105. The maximum absolute atomic E-state index is 13.0. The number of benzene rings is 12. The quantitative estimate of drug-likeness (QED) is 0.0753. The predicted octanol–water partition coefficient (Wildman–Crippen LogP) is 20.6. The molecular formula is C74H55F3N2O4S. The van der Waals surface area contributed by atoms with Crippen LogP contribution >= 0.6 is 0 Å². The fourth-order valence-corrected chi connectivity index (χ4v) is 10.5. The highest BCUT2D eigenvalue weighted by molar-refractivity contribution is 7.88. The molecule has 12 aromatic rings. The first-order valence-corrected chi connectivity index (χ1v) is 28.6. The first-order valence-electron chi connectivity index (χ1n) is 27.2. The minimum Gasteiger partial charge on any atom is -0.497 e.